The first kappa shape index (κ1) is 17.5. The Morgan fingerprint density at radius 3 is 2.32 bits per heavy atom. The fourth-order valence-corrected chi connectivity index (χ4v) is 3.48. The van der Waals surface area contributed by atoms with Crippen LogP contribution in [-0.2, 0) is 5.75 Å². The highest BCUT2D eigenvalue weighted by Crippen LogP contribution is 2.25. The molecular weight excluding hydrogens is 344 g/mol. The van der Waals surface area contributed by atoms with Crippen LogP contribution >= 0.6 is 24.0 Å². The average Bonchev–Trinajstić information content (AvgIpc) is 2.63. The standard InChI is InChI=1S/C21H20N2S2/c1-16-10-12-18(13-11-16)22-21(24)23-19-8-5-9-20(14-19)25-15-17-6-3-2-4-7-17/h2-14H,15H2,1H3,(H2,22,23,24). The van der Waals surface area contributed by atoms with Gasteiger partial charge in [-0.25, -0.2) is 0 Å². The molecular formula is C21H20N2S2. The van der Waals surface area contributed by atoms with Gasteiger partial charge in [0.2, 0.25) is 0 Å². The second-order valence-electron chi connectivity index (χ2n) is 5.75. The lowest BCUT2D eigenvalue weighted by Crippen LogP contribution is -2.18. The highest BCUT2D eigenvalue weighted by molar-refractivity contribution is 7.98. The smallest absolute Gasteiger partial charge is 0.175 e. The minimum Gasteiger partial charge on any atom is -0.332 e. The Morgan fingerprint density at radius 1 is 0.840 bits per heavy atom. The highest BCUT2D eigenvalue weighted by Gasteiger charge is 2.01. The van der Waals surface area contributed by atoms with E-state index in [1.165, 1.54) is 16.0 Å². The first-order valence-corrected chi connectivity index (χ1v) is 9.50. The fraction of sp³-hybridized carbons (Fsp3) is 0.0952. The van der Waals surface area contributed by atoms with Crippen LogP contribution in [0.25, 0.3) is 0 Å². The SMILES string of the molecule is Cc1ccc(NC(=S)Nc2cccc(SCc3ccccc3)c2)cc1. The van der Waals surface area contributed by atoms with E-state index in [1.807, 2.05) is 42.1 Å². The number of thiocarbonyl (C=S) groups is 1. The van der Waals surface area contributed by atoms with Gasteiger partial charge in [0.15, 0.2) is 5.11 Å². The molecule has 0 saturated carbocycles. The highest BCUT2D eigenvalue weighted by atomic mass is 32.2. The van der Waals surface area contributed by atoms with Gasteiger partial charge in [-0.1, -0.05) is 54.1 Å². The van der Waals surface area contributed by atoms with E-state index < -0.39 is 0 Å². The van der Waals surface area contributed by atoms with Crippen LogP contribution in [0, 0.1) is 6.92 Å². The molecule has 2 N–H and O–H groups in total. The van der Waals surface area contributed by atoms with Crippen molar-refractivity contribution in [3.05, 3.63) is 90.0 Å². The second kappa shape index (κ2) is 8.70. The average molecular weight is 365 g/mol. The van der Waals surface area contributed by atoms with Crippen LogP contribution in [-0.4, -0.2) is 5.11 Å². The zero-order valence-corrected chi connectivity index (χ0v) is 15.7. The number of rotatable bonds is 5. The second-order valence-corrected chi connectivity index (χ2v) is 7.20. The molecule has 126 valence electrons. The van der Waals surface area contributed by atoms with E-state index >= 15 is 0 Å². The zero-order chi connectivity index (χ0) is 17.5. The molecule has 0 heterocycles. The lowest BCUT2D eigenvalue weighted by Gasteiger charge is -2.12. The molecule has 0 aliphatic heterocycles. The maximum Gasteiger partial charge on any atom is 0.175 e. The van der Waals surface area contributed by atoms with Gasteiger partial charge in [-0.2, -0.15) is 0 Å². The molecule has 0 fully saturated rings. The number of anilines is 2. The predicted molar refractivity (Wildman–Crippen MR) is 113 cm³/mol. The van der Waals surface area contributed by atoms with E-state index in [0.717, 1.165) is 17.1 Å². The van der Waals surface area contributed by atoms with Gasteiger partial charge in [0.25, 0.3) is 0 Å². The van der Waals surface area contributed by atoms with Crippen molar-refractivity contribution in [1.29, 1.82) is 0 Å². The first-order chi connectivity index (χ1) is 12.2. The molecule has 0 atom stereocenters. The number of benzene rings is 3. The normalized spacial score (nSPS) is 10.3. The van der Waals surface area contributed by atoms with E-state index in [-0.39, 0.29) is 0 Å². The van der Waals surface area contributed by atoms with Gasteiger partial charge >= 0.3 is 0 Å². The summed E-state index contributed by atoms with van der Waals surface area (Å²) >= 11 is 7.22. The molecule has 4 heteroatoms. The minimum absolute atomic E-state index is 0.592. The molecule has 3 aromatic carbocycles. The predicted octanol–water partition coefficient (Wildman–Crippen LogP) is 6.10. The van der Waals surface area contributed by atoms with Gasteiger partial charge in [0.05, 0.1) is 0 Å². The third kappa shape index (κ3) is 5.62. The van der Waals surface area contributed by atoms with Crippen LogP contribution < -0.4 is 10.6 Å². The Hall–Kier alpha value is -2.30. The molecule has 0 spiro atoms. The fourth-order valence-electron chi connectivity index (χ4n) is 2.33. The monoisotopic (exact) mass is 364 g/mol. The molecule has 3 aromatic rings. The van der Waals surface area contributed by atoms with E-state index in [2.05, 4.69) is 66.1 Å². The van der Waals surface area contributed by atoms with Crippen molar-refractivity contribution < 1.29 is 0 Å². The van der Waals surface area contributed by atoms with E-state index in [4.69, 9.17) is 12.2 Å². The molecule has 25 heavy (non-hydrogen) atoms. The topological polar surface area (TPSA) is 24.1 Å². The molecule has 0 aliphatic carbocycles. The lowest BCUT2D eigenvalue weighted by molar-refractivity contribution is 1.38. The van der Waals surface area contributed by atoms with Gasteiger partial charge in [0.1, 0.15) is 0 Å². The van der Waals surface area contributed by atoms with Crippen LogP contribution in [0.1, 0.15) is 11.1 Å². The number of aryl methyl sites for hydroxylation is 1. The Kier molecular flexibility index (Phi) is 6.09. The maximum atomic E-state index is 5.41. The maximum absolute atomic E-state index is 5.41. The summed E-state index contributed by atoms with van der Waals surface area (Å²) < 4.78 is 0. The van der Waals surface area contributed by atoms with Crippen molar-refractivity contribution in [2.24, 2.45) is 0 Å². The van der Waals surface area contributed by atoms with Crippen LogP contribution in [0.3, 0.4) is 0 Å². The largest absolute Gasteiger partial charge is 0.332 e. The molecule has 0 unspecified atom stereocenters. The summed E-state index contributed by atoms with van der Waals surface area (Å²) in [5, 5.41) is 7.05. The third-order valence-corrected chi connectivity index (χ3v) is 4.92. The Labute approximate surface area is 158 Å². The van der Waals surface area contributed by atoms with E-state index in [0.29, 0.717) is 5.11 Å². The van der Waals surface area contributed by atoms with Crippen molar-refractivity contribution in [2.45, 2.75) is 17.6 Å². The quantitative estimate of drug-likeness (QED) is 0.422. The summed E-state index contributed by atoms with van der Waals surface area (Å²) in [6, 6.07) is 27.0. The van der Waals surface area contributed by atoms with Gasteiger partial charge in [-0.05, 0) is 55.0 Å². The summed E-state index contributed by atoms with van der Waals surface area (Å²) in [5.74, 6) is 0.955. The number of thioether (sulfide) groups is 1. The van der Waals surface area contributed by atoms with E-state index in [9.17, 15) is 0 Å². The summed E-state index contributed by atoms with van der Waals surface area (Å²) in [4.78, 5) is 1.21. The van der Waals surface area contributed by atoms with Crippen molar-refractivity contribution in [3.63, 3.8) is 0 Å². The van der Waals surface area contributed by atoms with Crippen molar-refractivity contribution in [2.75, 3.05) is 10.6 Å². The number of hydrogen-bond acceptors (Lipinski definition) is 2. The van der Waals surface area contributed by atoms with Crippen LogP contribution in [0.2, 0.25) is 0 Å². The third-order valence-electron chi connectivity index (χ3n) is 3.65. The summed E-state index contributed by atoms with van der Waals surface area (Å²) in [5.41, 5.74) is 4.52. The molecule has 0 saturated heterocycles. The lowest BCUT2D eigenvalue weighted by atomic mass is 10.2. The summed E-state index contributed by atoms with van der Waals surface area (Å²) in [7, 11) is 0. The van der Waals surface area contributed by atoms with Gasteiger partial charge in [0, 0.05) is 22.0 Å². The Balaban J connectivity index is 1.57. The van der Waals surface area contributed by atoms with Crippen molar-refractivity contribution in [1.82, 2.24) is 0 Å². The minimum atomic E-state index is 0.592. The molecule has 2 nitrogen and oxygen atoms in total. The Morgan fingerprint density at radius 2 is 1.56 bits per heavy atom. The van der Waals surface area contributed by atoms with Crippen molar-refractivity contribution >= 4 is 40.5 Å². The number of nitrogens with one attached hydrogen (secondary N) is 2. The van der Waals surface area contributed by atoms with Crippen LogP contribution in [0.4, 0.5) is 11.4 Å². The Bertz CT molecular complexity index is 830. The molecule has 0 aromatic heterocycles. The van der Waals surface area contributed by atoms with Gasteiger partial charge in [-0.15, -0.1) is 11.8 Å². The molecule has 0 amide bonds. The van der Waals surface area contributed by atoms with Gasteiger partial charge < -0.3 is 10.6 Å². The summed E-state index contributed by atoms with van der Waals surface area (Å²) in [6.07, 6.45) is 0. The summed E-state index contributed by atoms with van der Waals surface area (Å²) in [6.45, 7) is 2.07. The first-order valence-electron chi connectivity index (χ1n) is 8.10. The molecule has 3 rings (SSSR count). The van der Waals surface area contributed by atoms with Gasteiger partial charge in [-0.3, -0.25) is 0 Å². The van der Waals surface area contributed by atoms with Crippen molar-refractivity contribution in [3.8, 4) is 0 Å². The molecule has 0 bridgehead atoms. The van der Waals surface area contributed by atoms with E-state index in [1.54, 1.807) is 0 Å². The number of hydrogen-bond donors (Lipinski definition) is 2. The molecule has 0 aliphatic rings. The van der Waals surface area contributed by atoms with Crippen LogP contribution in [0.5, 0.6) is 0 Å². The molecule has 0 radical (unpaired) electrons. The zero-order valence-electron chi connectivity index (χ0n) is 14.0. The van der Waals surface area contributed by atoms with Crippen LogP contribution in [0.15, 0.2) is 83.8 Å².